The number of rotatable bonds is 5. The van der Waals surface area contributed by atoms with Gasteiger partial charge in [0, 0.05) is 5.56 Å². The molecule has 1 aliphatic heterocycles. The highest BCUT2D eigenvalue weighted by atomic mass is 35.5. The number of carbonyl (C=O) groups is 1. The fourth-order valence-electron chi connectivity index (χ4n) is 3.01. The van der Waals surface area contributed by atoms with Crippen LogP contribution < -0.4 is 14.4 Å². The summed E-state index contributed by atoms with van der Waals surface area (Å²) in [5.41, 5.74) is 1.00. The minimum Gasteiger partial charge on any atom is -0.476 e. The van der Waals surface area contributed by atoms with Gasteiger partial charge in [-0.1, -0.05) is 41.0 Å². The van der Waals surface area contributed by atoms with Gasteiger partial charge in [0.1, 0.15) is 5.75 Å². The van der Waals surface area contributed by atoms with Crippen molar-refractivity contribution in [3.63, 3.8) is 0 Å². The van der Waals surface area contributed by atoms with Crippen LogP contribution in [-0.2, 0) is 21.4 Å². The van der Waals surface area contributed by atoms with E-state index < -0.39 is 22.0 Å². The zero-order valence-corrected chi connectivity index (χ0v) is 17.4. The van der Waals surface area contributed by atoms with Crippen molar-refractivity contribution in [1.29, 1.82) is 0 Å². The molecule has 0 unspecified atom stereocenters. The van der Waals surface area contributed by atoms with Crippen LogP contribution in [0.3, 0.4) is 0 Å². The number of nitrogens with one attached hydrogen (secondary N) is 1. The number of anilines is 1. The number of hydrogen-bond acceptors (Lipinski definition) is 7. The molecule has 0 fully saturated rings. The molecule has 1 aliphatic rings. The van der Waals surface area contributed by atoms with Gasteiger partial charge < -0.3 is 14.6 Å². The summed E-state index contributed by atoms with van der Waals surface area (Å²) in [7, 11) is -3.58. The number of sulfonamides is 1. The molecule has 11 heteroatoms. The molecular weight excluding hydrogens is 432 g/mol. The molecule has 0 saturated carbocycles. The number of para-hydroxylation sites is 2. The van der Waals surface area contributed by atoms with Gasteiger partial charge in [-0.05, 0) is 24.3 Å². The Kier molecular flexibility index (Phi) is 5.35. The van der Waals surface area contributed by atoms with Crippen LogP contribution in [0.2, 0.25) is 5.02 Å². The molecule has 0 saturated heterocycles. The van der Waals surface area contributed by atoms with Crippen LogP contribution in [0.1, 0.15) is 5.89 Å². The van der Waals surface area contributed by atoms with Crippen molar-refractivity contribution in [2.24, 2.45) is 0 Å². The average molecular weight is 449 g/mol. The van der Waals surface area contributed by atoms with E-state index in [2.05, 4.69) is 15.5 Å². The van der Waals surface area contributed by atoms with Crippen LogP contribution in [-0.4, -0.2) is 43.4 Å². The second kappa shape index (κ2) is 7.96. The molecule has 156 valence electrons. The molecule has 3 aromatic rings. The van der Waals surface area contributed by atoms with E-state index in [-0.39, 0.29) is 19.0 Å². The Labute approximate surface area is 177 Å². The van der Waals surface area contributed by atoms with Crippen LogP contribution in [0, 0.1) is 0 Å². The summed E-state index contributed by atoms with van der Waals surface area (Å²) in [4.78, 5) is 16.8. The number of ether oxygens (including phenoxy) is 1. The SMILES string of the molecule is CS(=O)(=O)N1C[C@@H](C(=O)NCc2nc(-c3ccccc3Cl)no2)Oc2ccccc21. The Balaban J connectivity index is 1.46. The molecule has 0 radical (unpaired) electrons. The van der Waals surface area contributed by atoms with Gasteiger partial charge in [0.05, 0.1) is 30.1 Å². The Hall–Kier alpha value is -3.11. The van der Waals surface area contributed by atoms with E-state index in [1.165, 1.54) is 0 Å². The molecule has 1 atom stereocenters. The number of hydrogen-bond donors (Lipinski definition) is 1. The van der Waals surface area contributed by atoms with Crippen molar-refractivity contribution in [3.8, 4) is 17.1 Å². The van der Waals surface area contributed by atoms with E-state index in [0.717, 1.165) is 10.6 Å². The van der Waals surface area contributed by atoms with Crippen LogP contribution >= 0.6 is 11.6 Å². The summed E-state index contributed by atoms with van der Waals surface area (Å²) in [6.45, 7) is -0.187. The van der Waals surface area contributed by atoms with E-state index in [9.17, 15) is 13.2 Å². The maximum absolute atomic E-state index is 12.6. The largest absolute Gasteiger partial charge is 0.476 e. The van der Waals surface area contributed by atoms with Crippen molar-refractivity contribution in [2.75, 3.05) is 17.1 Å². The number of nitrogens with zero attached hydrogens (tertiary/aromatic N) is 3. The van der Waals surface area contributed by atoms with Gasteiger partial charge in [0.2, 0.25) is 21.7 Å². The predicted molar refractivity (Wildman–Crippen MR) is 110 cm³/mol. The predicted octanol–water partition coefficient (Wildman–Crippen LogP) is 2.23. The second-order valence-electron chi connectivity index (χ2n) is 6.58. The third-order valence-electron chi connectivity index (χ3n) is 4.42. The van der Waals surface area contributed by atoms with Crippen LogP contribution in [0.4, 0.5) is 5.69 Å². The fraction of sp³-hybridized carbons (Fsp3) is 0.211. The second-order valence-corrected chi connectivity index (χ2v) is 8.89. The number of amides is 1. The quantitative estimate of drug-likeness (QED) is 0.636. The van der Waals surface area contributed by atoms with Crippen molar-refractivity contribution < 1.29 is 22.5 Å². The monoisotopic (exact) mass is 448 g/mol. The topological polar surface area (TPSA) is 115 Å². The normalized spacial score (nSPS) is 15.9. The molecule has 1 aromatic heterocycles. The molecule has 0 bridgehead atoms. The molecular formula is C19H17ClN4O5S. The summed E-state index contributed by atoms with van der Waals surface area (Å²) in [6, 6.07) is 13.7. The Morgan fingerprint density at radius 1 is 1.23 bits per heavy atom. The van der Waals surface area contributed by atoms with Gasteiger partial charge >= 0.3 is 0 Å². The minimum absolute atomic E-state index is 0.0450. The first kappa shape index (κ1) is 20.2. The fourth-order valence-corrected chi connectivity index (χ4v) is 4.14. The Bertz CT molecular complexity index is 1200. The summed E-state index contributed by atoms with van der Waals surface area (Å²) in [6.07, 6.45) is 0.0549. The number of fused-ring (bicyclic) bond motifs is 1. The molecule has 1 N–H and O–H groups in total. The van der Waals surface area contributed by atoms with E-state index in [4.69, 9.17) is 20.9 Å². The van der Waals surface area contributed by atoms with E-state index in [1.807, 2.05) is 0 Å². The first-order valence-corrected chi connectivity index (χ1v) is 11.1. The first-order chi connectivity index (χ1) is 14.3. The van der Waals surface area contributed by atoms with Crippen LogP contribution in [0.15, 0.2) is 53.1 Å². The van der Waals surface area contributed by atoms with Gasteiger partial charge in [-0.3, -0.25) is 9.10 Å². The zero-order valence-electron chi connectivity index (χ0n) is 15.8. The van der Waals surface area contributed by atoms with Gasteiger partial charge in [-0.15, -0.1) is 0 Å². The van der Waals surface area contributed by atoms with Crippen LogP contribution in [0.5, 0.6) is 5.75 Å². The first-order valence-electron chi connectivity index (χ1n) is 8.91. The lowest BCUT2D eigenvalue weighted by atomic mass is 10.2. The standard InChI is InChI=1S/C19H17ClN4O5S/c1-30(26,27)24-11-16(28-15-9-5-4-8-14(15)24)19(25)21-10-17-22-18(23-29-17)12-6-2-3-7-13(12)20/h2-9,16H,10-11H2,1H3,(H,21,25)/t16-/m0/s1. The van der Waals surface area contributed by atoms with Crippen LogP contribution in [0.25, 0.3) is 11.4 Å². The van der Waals surface area contributed by atoms with Gasteiger partial charge in [-0.25, -0.2) is 8.42 Å². The molecule has 9 nitrogen and oxygen atoms in total. The maximum atomic E-state index is 12.6. The average Bonchev–Trinajstić information content (AvgIpc) is 3.19. The Morgan fingerprint density at radius 2 is 1.97 bits per heavy atom. The van der Waals surface area contributed by atoms with Crippen molar-refractivity contribution in [2.45, 2.75) is 12.6 Å². The van der Waals surface area contributed by atoms with E-state index >= 15 is 0 Å². The third kappa shape index (κ3) is 4.10. The molecule has 0 aliphatic carbocycles. The summed E-state index contributed by atoms with van der Waals surface area (Å²) < 4.78 is 36.3. The van der Waals surface area contributed by atoms with Gasteiger partial charge in [-0.2, -0.15) is 4.98 Å². The smallest absolute Gasteiger partial charge is 0.263 e. The van der Waals surface area contributed by atoms with E-state index in [0.29, 0.717) is 27.8 Å². The van der Waals surface area contributed by atoms with Crippen molar-refractivity contribution >= 4 is 33.2 Å². The molecule has 2 heterocycles. The third-order valence-corrected chi connectivity index (χ3v) is 5.90. The number of halogens is 1. The molecule has 2 aromatic carbocycles. The van der Waals surface area contributed by atoms with E-state index in [1.54, 1.807) is 48.5 Å². The number of carbonyl (C=O) groups excluding carboxylic acids is 1. The van der Waals surface area contributed by atoms with Crippen molar-refractivity contribution in [1.82, 2.24) is 15.5 Å². The minimum atomic E-state index is -3.58. The number of benzene rings is 2. The summed E-state index contributed by atoms with van der Waals surface area (Å²) in [5.74, 6) is 0.286. The summed E-state index contributed by atoms with van der Waals surface area (Å²) >= 11 is 6.13. The van der Waals surface area contributed by atoms with Gasteiger partial charge in [0.15, 0.2) is 6.10 Å². The maximum Gasteiger partial charge on any atom is 0.263 e. The zero-order chi connectivity index (χ0) is 21.3. The lowest BCUT2D eigenvalue weighted by Crippen LogP contribution is -2.50. The molecule has 1 amide bonds. The lowest BCUT2D eigenvalue weighted by molar-refractivity contribution is -0.128. The van der Waals surface area contributed by atoms with Gasteiger partial charge in [0.25, 0.3) is 5.91 Å². The molecule has 4 rings (SSSR count). The highest BCUT2D eigenvalue weighted by molar-refractivity contribution is 7.92. The highest BCUT2D eigenvalue weighted by Crippen LogP contribution is 2.34. The van der Waals surface area contributed by atoms with Crippen molar-refractivity contribution in [3.05, 3.63) is 59.4 Å². The number of aromatic nitrogens is 2. The molecule has 30 heavy (non-hydrogen) atoms. The molecule has 0 spiro atoms. The summed E-state index contributed by atoms with van der Waals surface area (Å²) in [5, 5.41) is 6.98. The Morgan fingerprint density at radius 3 is 2.73 bits per heavy atom. The lowest BCUT2D eigenvalue weighted by Gasteiger charge is -2.33. The highest BCUT2D eigenvalue weighted by Gasteiger charge is 2.34.